The normalized spacial score (nSPS) is 11.7. The van der Waals surface area contributed by atoms with Crippen molar-refractivity contribution in [2.24, 2.45) is 0 Å². The van der Waals surface area contributed by atoms with Gasteiger partial charge in [0.25, 0.3) is 5.69 Å². The number of rotatable bonds is 4. The maximum atomic E-state index is 13.1. The number of benzene rings is 1. The van der Waals surface area contributed by atoms with Crippen LogP contribution in [-0.2, 0) is 10.2 Å². The molecule has 0 spiro atoms. The van der Waals surface area contributed by atoms with Crippen LogP contribution >= 0.6 is 11.3 Å². The molecule has 9 heteroatoms. The van der Waals surface area contributed by atoms with Gasteiger partial charge in [-0.05, 0) is 18.2 Å². The van der Waals surface area contributed by atoms with Crippen LogP contribution in [0.2, 0.25) is 0 Å². The van der Waals surface area contributed by atoms with E-state index in [1.807, 2.05) is 20.8 Å². The van der Waals surface area contributed by atoms with Gasteiger partial charge in [0.1, 0.15) is 10.8 Å². The SMILES string of the molecule is CC(C)(C)c1nnc(NC(=O)C=Cc2ccc(F)cc2[N+](=O)[O-])s1. The van der Waals surface area contributed by atoms with Crippen molar-refractivity contribution in [3.05, 3.63) is 50.8 Å². The molecule has 2 aromatic rings. The topological polar surface area (TPSA) is 98.0 Å². The van der Waals surface area contributed by atoms with E-state index in [2.05, 4.69) is 15.5 Å². The van der Waals surface area contributed by atoms with Crippen molar-refractivity contribution in [1.29, 1.82) is 0 Å². The summed E-state index contributed by atoms with van der Waals surface area (Å²) in [5.74, 6) is -1.22. The van der Waals surface area contributed by atoms with Gasteiger partial charge >= 0.3 is 0 Å². The van der Waals surface area contributed by atoms with Crippen molar-refractivity contribution in [2.45, 2.75) is 26.2 Å². The van der Waals surface area contributed by atoms with Crippen LogP contribution in [0.15, 0.2) is 24.3 Å². The number of nitro benzene ring substituents is 1. The van der Waals surface area contributed by atoms with Crippen LogP contribution in [0.4, 0.5) is 15.2 Å². The summed E-state index contributed by atoms with van der Waals surface area (Å²) in [5, 5.41) is 22.4. The Bertz CT molecular complexity index is 811. The first-order valence-corrected chi connectivity index (χ1v) is 7.75. The highest BCUT2D eigenvalue weighted by molar-refractivity contribution is 7.15. The lowest BCUT2D eigenvalue weighted by Crippen LogP contribution is -2.10. The van der Waals surface area contributed by atoms with Gasteiger partial charge < -0.3 is 0 Å². The summed E-state index contributed by atoms with van der Waals surface area (Å²) >= 11 is 1.25. The molecule has 0 aliphatic carbocycles. The molecule has 0 saturated carbocycles. The zero-order valence-corrected chi connectivity index (χ0v) is 14.1. The van der Waals surface area contributed by atoms with Crippen molar-refractivity contribution in [3.8, 4) is 0 Å². The molecule has 1 aromatic heterocycles. The van der Waals surface area contributed by atoms with E-state index in [-0.39, 0.29) is 11.0 Å². The third-order valence-corrected chi connectivity index (χ3v) is 4.16. The zero-order valence-electron chi connectivity index (χ0n) is 13.2. The Morgan fingerprint density at radius 3 is 2.67 bits per heavy atom. The molecule has 0 aliphatic rings. The molecule has 0 fully saturated rings. The van der Waals surface area contributed by atoms with Crippen molar-refractivity contribution < 1.29 is 14.1 Å². The third-order valence-electron chi connectivity index (χ3n) is 2.90. The lowest BCUT2D eigenvalue weighted by molar-refractivity contribution is -0.385. The maximum Gasteiger partial charge on any atom is 0.279 e. The quantitative estimate of drug-likeness (QED) is 0.517. The first-order chi connectivity index (χ1) is 11.2. The van der Waals surface area contributed by atoms with Crippen molar-refractivity contribution in [1.82, 2.24) is 10.2 Å². The van der Waals surface area contributed by atoms with E-state index in [9.17, 15) is 19.3 Å². The molecule has 2 rings (SSSR count). The summed E-state index contributed by atoms with van der Waals surface area (Å²) in [6.45, 7) is 5.94. The van der Waals surface area contributed by atoms with E-state index < -0.39 is 22.3 Å². The first-order valence-electron chi connectivity index (χ1n) is 6.94. The number of hydrogen-bond donors (Lipinski definition) is 1. The number of nitrogens with zero attached hydrogens (tertiary/aromatic N) is 3. The van der Waals surface area contributed by atoms with E-state index >= 15 is 0 Å². The fourth-order valence-electron chi connectivity index (χ4n) is 1.71. The maximum absolute atomic E-state index is 13.1. The van der Waals surface area contributed by atoms with E-state index in [1.54, 1.807) is 0 Å². The summed E-state index contributed by atoms with van der Waals surface area (Å²) in [4.78, 5) is 22.1. The number of aromatic nitrogens is 2. The number of carbonyl (C=O) groups excluding carboxylic acids is 1. The zero-order chi connectivity index (χ0) is 17.9. The summed E-state index contributed by atoms with van der Waals surface area (Å²) in [6, 6.07) is 3.13. The second-order valence-corrected chi connectivity index (χ2v) is 6.92. The molecule has 0 atom stereocenters. The van der Waals surface area contributed by atoms with E-state index in [0.29, 0.717) is 5.13 Å². The van der Waals surface area contributed by atoms with Crippen molar-refractivity contribution in [3.63, 3.8) is 0 Å². The molecule has 0 aliphatic heterocycles. The summed E-state index contributed by atoms with van der Waals surface area (Å²) in [6.07, 6.45) is 2.37. The van der Waals surface area contributed by atoms with Gasteiger partial charge in [0.15, 0.2) is 0 Å². The Morgan fingerprint density at radius 2 is 2.08 bits per heavy atom. The van der Waals surface area contributed by atoms with E-state index in [4.69, 9.17) is 0 Å². The van der Waals surface area contributed by atoms with Crippen LogP contribution in [-0.4, -0.2) is 21.0 Å². The van der Waals surface area contributed by atoms with E-state index in [1.165, 1.54) is 23.5 Å². The fourth-order valence-corrected chi connectivity index (χ4v) is 2.51. The molecular weight excluding hydrogens is 335 g/mol. The van der Waals surface area contributed by atoms with Crippen molar-refractivity contribution >= 4 is 34.1 Å². The molecule has 7 nitrogen and oxygen atoms in total. The van der Waals surface area contributed by atoms with Gasteiger partial charge in [-0.1, -0.05) is 32.1 Å². The minimum atomic E-state index is -0.716. The van der Waals surface area contributed by atoms with Crippen molar-refractivity contribution in [2.75, 3.05) is 5.32 Å². The van der Waals surface area contributed by atoms with Gasteiger partial charge in [-0.25, -0.2) is 4.39 Å². The lowest BCUT2D eigenvalue weighted by Gasteiger charge is -2.12. The predicted molar refractivity (Wildman–Crippen MR) is 89.3 cm³/mol. The highest BCUT2D eigenvalue weighted by atomic mass is 32.1. The summed E-state index contributed by atoms with van der Waals surface area (Å²) in [7, 11) is 0. The van der Waals surface area contributed by atoms with Gasteiger partial charge in [-0.15, -0.1) is 10.2 Å². The number of anilines is 1. The molecule has 0 unspecified atom stereocenters. The Kier molecular flexibility index (Phi) is 5.03. The monoisotopic (exact) mass is 350 g/mol. The predicted octanol–water partition coefficient (Wildman–Crippen LogP) is 3.53. The molecule has 24 heavy (non-hydrogen) atoms. The smallest absolute Gasteiger partial charge is 0.279 e. The minimum Gasteiger partial charge on any atom is -0.297 e. The number of carbonyl (C=O) groups is 1. The fraction of sp³-hybridized carbons (Fsp3) is 0.267. The molecule has 1 aromatic carbocycles. The Labute approximate surface area is 141 Å². The summed E-state index contributed by atoms with van der Waals surface area (Å²) < 4.78 is 13.1. The second-order valence-electron chi connectivity index (χ2n) is 5.95. The van der Waals surface area contributed by atoms with Gasteiger partial charge in [0.05, 0.1) is 16.6 Å². The lowest BCUT2D eigenvalue weighted by atomic mass is 9.98. The Hall–Kier alpha value is -2.68. The van der Waals surface area contributed by atoms with Gasteiger partial charge in [0, 0.05) is 11.5 Å². The van der Waals surface area contributed by atoms with Gasteiger partial charge in [0.2, 0.25) is 11.0 Å². The van der Waals surface area contributed by atoms with Gasteiger partial charge in [-0.3, -0.25) is 20.2 Å². The van der Waals surface area contributed by atoms with Gasteiger partial charge in [-0.2, -0.15) is 0 Å². The number of halogens is 1. The molecule has 1 amide bonds. The number of nitro groups is 1. The number of hydrogen-bond acceptors (Lipinski definition) is 6. The molecule has 126 valence electrons. The molecule has 1 N–H and O–H groups in total. The third kappa shape index (κ3) is 4.42. The number of nitrogens with one attached hydrogen (secondary N) is 1. The Balaban J connectivity index is 2.11. The second kappa shape index (κ2) is 6.83. The molecule has 0 saturated heterocycles. The number of amides is 1. The molecular formula is C15H15FN4O3S. The highest BCUT2D eigenvalue weighted by Crippen LogP contribution is 2.27. The van der Waals surface area contributed by atoms with E-state index in [0.717, 1.165) is 23.2 Å². The van der Waals surface area contributed by atoms with Crippen LogP contribution in [0.3, 0.4) is 0 Å². The molecule has 0 radical (unpaired) electrons. The van der Waals surface area contributed by atoms with Crippen LogP contribution in [0.1, 0.15) is 31.3 Å². The highest BCUT2D eigenvalue weighted by Gasteiger charge is 2.19. The standard InChI is InChI=1S/C15H15FN4O3S/c1-15(2,3)13-18-19-14(24-13)17-12(21)7-5-9-4-6-10(16)8-11(9)20(22)23/h4-8H,1-3H3,(H,17,19,21). The Morgan fingerprint density at radius 1 is 1.38 bits per heavy atom. The van der Waals surface area contributed by atoms with Crippen LogP contribution < -0.4 is 5.32 Å². The average molecular weight is 350 g/mol. The minimum absolute atomic E-state index is 0.129. The largest absolute Gasteiger partial charge is 0.297 e. The summed E-state index contributed by atoms with van der Waals surface area (Å²) in [5.41, 5.74) is -0.459. The average Bonchev–Trinajstić information content (AvgIpc) is 2.94. The van der Waals surface area contributed by atoms with Crippen LogP contribution in [0.5, 0.6) is 0 Å². The first kappa shape index (κ1) is 17.7. The van der Waals surface area contributed by atoms with Crippen LogP contribution in [0.25, 0.3) is 6.08 Å². The molecule has 1 heterocycles. The van der Waals surface area contributed by atoms with Crippen LogP contribution in [0, 0.1) is 15.9 Å². The molecule has 0 bridgehead atoms.